The van der Waals surface area contributed by atoms with E-state index in [0.29, 0.717) is 13.2 Å². The van der Waals surface area contributed by atoms with Crippen LogP contribution in [0.4, 0.5) is 0 Å². The minimum absolute atomic E-state index is 0.0541. The van der Waals surface area contributed by atoms with E-state index in [1.807, 2.05) is 13.8 Å². The lowest BCUT2D eigenvalue weighted by Crippen LogP contribution is -2.39. The molecule has 0 spiro atoms. The van der Waals surface area contributed by atoms with Gasteiger partial charge in [0.25, 0.3) is 0 Å². The van der Waals surface area contributed by atoms with Gasteiger partial charge in [0.15, 0.2) is 0 Å². The maximum absolute atomic E-state index is 10.7. The normalized spacial score (nSPS) is 13.0. The van der Waals surface area contributed by atoms with Gasteiger partial charge in [-0.15, -0.1) is 0 Å². The first kappa shape index (κ1) is 29.4. The predicted octanol–water partition coefficient (Wildman–Crippen LogP) is 6.77. The third kappa shape index (κ3) is 16.1. The van der Waals surface area contributed by atoms with E-state index in [9.17, 15) is 4.79 Å². The molecule has 0 saturated heterocycles. The molecule has 0 fully saturated rings. The second-order valence-corrected chi connectivity index (χ2v) is 10.2. The summed E-state index contributed by atoms with van der Waals surface area (Å²) >= 11 is 0. The highest BCUT2D eigenvalue weighted by Gasteiger charge is 2.28. The van der Waals surface area contributed by atoms with Crippen molar-refractivity contribution in [1.29, 1.82) is 0 Å². The van der Waals surface area contributed by atoms with Crippen LogP contribution in [-0.2, 0) is 19.0 Å². The van der Waals surface area contributed by atoms with E-state index in [0.717, 1.165) is 19.3 Å². The van der Waals surface area contributed by atoms with Crippen molar-refractivity contribution in [2.75, 3.05) is 19.8 Å². The van der Waals surface area contributed by atoms with Gasteiger partial charge in [-0.05, 0) is 53.9 Å². The molecule has 0 aromatic rings. The summed E-state index contributed by atoms with van der Waals surface area (Å²) in [5.41, 5.74) is -1.04. The zero-order valence-corrected chi connectivity index (χ0v) is 21.0. The summed E-state index contributed by atoms with van der Waals surface area (Å²) in [7, 11) is 0. The lowest BCUT2D eigenvalue weighted by atomic mass is 9.91. The Hall–Kier alpha value is -0.650. The molecule has 0 aromatic heterocycles. The summed E-state index contributed by atoms with van der Waals surface area (Å²) in [6, 6.07) is 0. The lowest BCUT2D eigenvalue weighted by Gasteiger charge is -2.34. The third-order valence-electron chi connectivity index (χ3n) is 5.67. The number of ether oxygens (including phenoxy) is 3. The third-order valence-corrected chi connectivity index (χ3v) is 5.67. The molecule has 0 aliphatic heterocycles. The molecule has 0 atom stereocenters. The van der Waals surface area contributed by atoms with Gasteiger partial charge >= 0.3 is 5.97 Å². The van der Waals surface area contributed by atoms with Gasteiger partial charge < -0.3 is 19.3 Å². The van der Waals surface area contributed by atoms with Crippen LogP contribution >= 0.6 is 0 Å². The predicted molar refractivity (Wildman–Crippen MR) is 124 cm³/mol. The largest absolute Gasteiger partial charge is 0.480 e. The van der Waals surface area contributed by atoms with E-state index >= 15 is 0 Å². The zero-order valence-electron chi connectivity index (χ0n) is 21.0. The molecule has 5 nitrogen and oxygen atoms in total. The van der Waals surface area contributed by atoms with Gasteiger partial charge in [0.05, 0.1) is 30.0 Å². The number of carboxylic acid groups (broad SMARTS) is 1. The number of carbonyl (C=O) groups is 1. The fourth-order valence-corrected chi connectivity index (χ4v) is 3.40. The highest BCUT2D eigenvalue weighted by Crippen LogP contribution is 2.28. The molecule has 0 amide bonds. The summed E-state index contributed by atoms with van der Waals surface area (Å²) in [6.45, 7) is 15.3. The van der Waals surface area contributed by atoms with Crippen molar-refractivity contribution in [3.8, 4) is 0 Å². The molecule has 0 bridgehead atoms. The number of rotatable bonds is 20. The van der Waals surface area contributed by atoms with Crippen LogP contribution in [0.15, 0.2) is 0 Å². The maximum Gasteiger partial charge on any atom is 0.329 e. The molecule has 0 saturated carbocycles. The van der Waals surface area contributed by atoms with Crippen LogP contribution in [0.5, 0.6) is 0 Å². The van der Waals surface area contributed by atoms with Crippen LogP contribution in [-0.4, -0.2) is 47.7 Å². The Kier molecular flexibility index (Phi) is 14.9. The van der Waals surface area contributed by atoms with Crippen molar-refractivity contribution in [3.63, 3.8) is 0 Å². The Labute approximate surface area is 186 Å². The molecule has 0 aliphatic rings. The molecular weight excluding hydrogens is 380 g/mol. The molecule has 0 heterocycles. The first-order chi connectivity index (χ1) is 14.0. The van der Waals surface area contributed by atoms with Crippen LogP contribution in [0.25, 0.3) is 0 Å². The number of carboxylic acids is 1. The molecule has 0 rings (SSSR count). The summed E-state index contributed by atoms with van der Waals surface area (Å²) in [6.07, 6.45) is 13.2. The fraction of sp³-hybridized carbons (Fsp3) is 0.960. The Balaban J connectivity index is 4.51. The van der Waals surface area contributed by atoms with E-state index in [-0.39, 0.29) is 17.8 Å². The number of hydrogen-bond acceptors (Lipinski definition) is 4. The van der Waals surface area contributed by atoms with E-state index in [1.165, 1.54) is 51.4 Å². The Morgan fingerprint density at radius 2 is 1.23 bits per heavy atom. The SMILES string of the molecule is CCCCCCC(C)(CCCCCC)OCCC(C)(C)OCC(C)(C)OCC(=O)O. The van der Waals surface area contributed by atoms with Crippen LogP contribution in [0.2, 0.25) is 0 Å². The molecule has 0 unspecified atom stereocenters. The Morgan fingerprint density at radius 1 is 0.700 bits per heavy atom. The second kappa shape index (κ2) is 15.2. The molecule has 180 valence electrons. The van der Waals surface area contributed by atoms with E-state index < -0.39 is 11.6 Å². The van der Waals surface area contributed by atoms with Gasteiger partial charge in [0.1, 0.15) is 6.61 Å². The minimum Gasteiger partial charge on any atom is -0.480 e. The van der Waals surface area contributed by atoms with Crippen molar-refractivity contribution in [2.45, 2.75) is 136 Å². The molecule has 1 N–H and O–H groups in total. The molecular formula is C25H50O5. The zero-order chi connectivity index (χ0) is 23.1. The Morgan fingerprint density at radius 3 is 1.70 bits per heavy atom. The monoisotopic (exact) mass is 430 g/mol. The number of hydrogen-bond donors (Lipinski definition) is 1. The van der Waals surface area contributed by atoms with Crippen molar-refractivity contribution in [1.82, 2.24) is 0 Å². The van der Waals surface area contributed by atoms with Crippen molar-refractivity contribution in [3.05, 3.63) is 0 Å². The molecule has 0 aliphatic carbocycles. The summed E-state index contributed by atoms with van der Waals surface area (Å²) in [4.78, 5) is 10.7. The smallest absolute Gasteiger partial charge is 0.329 e. The highest BCUT2D eigenvalue weighted by molar-refractivity contribution is 5.68. The lowest BCUT2D eigenvalue weighted by molar-refractivity contribution is -0.159. The van der Waals surface area contributed by atoms with E-state index in [1.54, 1.807) is 0 Å². The van der Waals surface area contributed by atoms with E-state index in [2.05, 4.69) is 34.6 Å². The van der Waals surface area contributed by atoms with Gasteiger partial charge in [-0.25, -0.2) is 4.79 Å². The summed E-state index contributed by atoms with van der Waals surface area (Å²) in [5.74, 6) is -0.965. The summed E-state index contributed by atoms with van der Waals surface area (Å²) < 4.78 is 17.9. The van der Waals surface area contributed by atoms with E-state index in [4.69, 9.17) is 19.3 Å². The quantitative estimate of drug-likeness (QED) is 0.216. The number of aliphatic carboxylic acids is 1. The fourth-order valence-electron chi connectivity index (χ4n) is 3.40. The molecule has 30 heavy (non-hydrogen) atoms. The van der Waals surface area contributed by atoms with Gasteiger partial charge in [-0.1, -0.05) is 65.2 Å². The van der Waals surface area contributed by atoms with Crippen LogP contribution < -0.4 is 0 Å². The van der Waals surface area contributed by atoms with Crippen molar-refractivity contribution >= 4 is 5.97 Å². The van der Waals surface area contributed by atoms with Gasteiger partial charge in [-0.3, -0.25) is 0 Å². The molecule has 0 radical (unpaired) electrons. The molecule has 0 aromatic carbocycles. The summed E-state index contributed by atoms with van der Waals surface area (Å²) in [5, 5.41) is 8.80. The first-order valence-electron chi connectivity index (χ1n) is 12.1. The maximum atomic E-state index is 10.7. The van der Waals surface area contributed by atoms with Crippen molar-refractivity contribution in [2.24, 2.45) is 0 Å². The number of unbranched alkanes of at least 4 members (excludes halogenated alkanes) is 6. The Bertz CT molecular complexity index is 433. The van der Waals surface area contributed by atoms with Crippen LogP contribution in [0.1, 0.15) is 119 Å². The highest BCUT2D eigenvalue weighted by atomic mass is 16.6. The van der Waals surface area contributed by atoms with Gasteiger partial charge in [0.2, 0.25) is 0 Å². The van der Waals surface area contributed by atoms with Crippen LogP contribution in [0.3, 0.4) is 0 Å². The average molecular weight is 431 g/mol. The molecule has 5 heteroatoms. The van der Waals surface area contributed by atoms with Gasteiger partial charge in [0, 0.05) is 0 Å². The van der Waals surface area contributed by atoms with Gasteiger partial charge in [-0.2, -0.15) is 0 Å². The van der Waals surface area contributed by atoms with Crippen molar-refractivity contribution < 1.29 is 24.1 Å². The minimum atomic E-state index is -0.965. The average Bonchev–Trinajstić information content (AvgIpc) is 2.66. The van der Waals surface area contributed by atoms with Crippen LogP contribution in [0, 0.1) is 0 Å². The first-order valence-corrected chi connectivity index (χ1v) is 12.1. The second-order valence-electron chi connectivity index (χ2n) is 10.2. The topological polar surface area (TPSA) is 65.0 Å². The standard InChI is InChI=1S/C25H50O5/c1-8-10-12-14-16-25(7,17-15-13-11-9-2)28-19-18-23(3,4)30-21-24(5,6)29-20-22(26)27/h8-21H2,1-7H3,(H,26,27).